The highest BCUT2D eigenvalue weighted by Gasteiger charge is 2.58. The molecule has 0 heterocycles. The number of hydrogen-bond donors (Lipinski definition) is 0. The van der Waals surface area contributed by atoms with Crippen molar-refractivity contribution in [1.29, 1.82) is 0 Å². The molecule has 0 aromatic carbocycles. The monoisotopic (exact) mass is 248 g/mol. The second kappa shape index (κ2) is 3.76. The topological polar surface area (TPSA) is 0 Å². The van der Waals surface area contributed by atoms with Gasteiger partial charge in [0.2, 0.25) is 0 Å². The van der Waals surface area contributed by atoms with Crippen molar-refractivity contribution in [2.24, 2.45) is 21.7 Å². The first-order valence-corrected chi connectivity index (χ1v) is 8.33. The molecule has 0 spiro atoms. The predicted octanol–water partition coefficient (Wildman–Crippen LogP) is 5.95. The molecular weight excluding hydrogens is 216 g/mol. The van der Waals surface area contributed by atoms with Crippen LogP contribution >= 0.6 is 0 Å². The minimum atomic E-state index is 0.627. The Bertz CT molecular complexity index is 314. The molecule has 0 saturated heterocycles. The maximum Gasteiger partial charge on any atom is -0.0267 e. The van der Waals surface area contributed by atoms with Gasteiger partial charge in [0.1, 0.15) is 0 Å². The molecule has 104 valence electrons. The molecule has 0 heteroatoms. The van der Waals surface area contributed by atoms with Crippen LogP contribution in [0.15, 0.2) is 0 Å². The summed E-state index contributed by atoms with van der Waals surface area (Å²) in [6.45, 7) is 10.6. The molecule has 0 aromatic rings. The fraction of sp³-hybridized carbons (Fsp3) is 1.00. The van der Waals surface area contributed by atoms with Gasteiger partial charge in [0.15, 0.2) is 0 Å². The molecule has 4 bridgehead atoms. The number of rotatable bonds is 0. The Morgan fingerprint density at radius 1 is 0.444 bits per heavy atom. The van der Waals surface area contributed by atoms with Crippen molar-refractivity contribution < 1.29 is 0 Å². The van der Waals surface area contributed by atoms with Gasteiger partial charge in [-0.3, -0.25) is 0 Å². The van der Waals surface area contributed by atoms with E-state index in [0.29, 0.717) is 21.7 Å². The summed E-state index contributed by atoms with van der Waals surface area (Å²) in [5, 5.41) is 0. The molecule has 0 aliphatic heterocycles. The van der Waals surface area contributed by atoms with Crippen molar-refractivity contribution >= 4 is 0 Å². The molecule has 3 fully saturated rings. The van der Waals surface area contributed by atoms with E-state index in [0.717, 1.165) is 0 Å². The van der Waals surface area contributed by atoms with E-state index in [4.69, 9.17) is 0 Å². The van der Waals surface area contributed by atoms with Gasteiger partial charge in [-0.25, -0.2) is 0 Å². The van der Waals surface area contributed by atoms with Gasteiger partial charge in [0, 0.05) is 0 Å². The van der Waals surface area contributed by atoms with E-state index in [1.165, 1.54) is 64.2 Å². The second-order valence-corrected chi connectivity index (χ2v) is 8.98. The standard InChI is InChI=1S/C18H32/c1-15-8-5-6-9-16(2,13-12-15)18(4)11-7-10-17(15,3)14-18/h5-14H2,1-4H3. The Labute approximate surface area is 114 Å². The summed E-state index contributed by atoms with van der Waals surface area (Å²) in [4.78, 5) is 0. The number of fused-ring (bicyclic) bond motifs is 7. The molecule has 4 atom stereocenters. The van der Waals surface area contributed by atoms with Crippen molar-refractivity contribution in [2.45, 2.75) is 91.9 Å². The van der Waals surface area contributed by atoms with E-state index < -0.39 is 0 Å². The summed E-state index contributed by atoms with van der Waals surface area (Å²) < 4.78 is 0. The minimum Gasteiger partial charge on any atom is -0.0591 e. The van der Waals surface area contributed by atoms with E-state index >= 15 is 0 Å². The molecule has 0 nitrogen and oxygen atoms in total. The molecule has 3 aliphatic rings. The first-order chi connectivity index (χ1) is 8.33. The highest BCUT2D eigenvalue weighted by molar-refractivity contribution is 5.08. The predicted molar refractivity (Wildman–Crippen MR) is 78.6 cm³/mol. The molecule has 0 aromatic heterocycles. The van der Waals surface area contributed by atoms with Crippen LogP contribution < -0.4 is 0 Å². The van der Waals surface area contributed by atoms with Crippen molar-refractivity contribution in [3.8, 4) is 0 Å². The van der Waals surface area contributed by atoms with Crippen LogP contribution in [0.4, 0.5) is 0 Å². The molecule has 3 saturated carbocycles. The lowest BCUT2D eigenvalue weighted by molar-refractivity contribution is -0.0437. The summed E-state index contributed by atoms with van der Waals surface area (Å²) in [5.74, 6) is 0. The first-order valence-electron chi connectivity index (χ1n) is 8.33. The van der Waals surface area contributed by atoms with Crippen LogP contribution in [0.2, 0.25) is 0 Å². The zero-order valence-electron chi connectivity index (χ0n) is 13.1. The van der Waals surface area contributed by atoms with Crippen molar-refractivity contribution in [3.05, 3.63) is 0 Å². The smallest absolute Gasteiger partial charge is 0.0267 e. The zero-order chi connectivity index (χ0) is 13.1. The van der Waals surface area contributed by atoms with E-state index in [1.54, 1.807) is 0 Å². The maximum atomic E-state index is 2.64. The van der Waals surface area contributed by atoms with Crippen LogP contribution in [-0.2, 0) is 0 Å². The molecule has 0 amide bonds. The van der Waals surface area contributed by atoms with Crippen LogP contribution in [0.1, 0.15) is 91.9 Å². The Balaban J connectivity index is 2.11. The first kappa shape index (κ1) is 13.0. The summed E-state index contributed by atoms with van der Waals surface area (Å²) >= 11 is 0. The van der Waals surface area contributed by atoms with Gasteiger partial charge in [0.25, 0.3) is 0 Å². The third-order valence-corrected chi connectivity index (χ3v) is 8.09. The van der Waals surface area contributed by atoms with Gasteiger partial charge in [0.05, 0.1) is 0 Å². The van der Waals surface area contributed by atoms with Crippen LogP contribution in [-0.4, -0.2) is 0 Å². The van der Waals surface area contributed by atoms with Gasteiger partial charge in [-0.1, -0.05) is 47.0 Å². The lowest BCUT2D eigenvalue weighted by Gasteiger charge is -2.54. The van der Waals surface area contributed by atoms with Crippen LogP contribution in [0.3, 0.4) is 0 Å². The Morgan fingerprint density at radius 2 is 0.833 bits per heavy atom. The van der Waals surface area contributed by atoms with Gasteiger partial charge in [-0.2, -0.15) is 0 Å². The maximum absolute atomic E-state index is 2.64. The highest BCUT2D eigenvalue weighted by Crippen LogP contribution is 2.69. The van der Waals surface area contributed by atoms with Gasteiger partial charge < -0.3 is 0 Å². The lowest BCUT2D eigenvalue weighted by atomic mass is 9.50. The van der Waals surface area contributed by atoms with Gasteiger partial charge in [-0.05, 0) is 66.6 Å². The van der Waals surface area contributed by atoms with E-state index in [9.17, 15) is 0 Å². The Hall–Kier alpha value is 0. The molecule has 3 aliphatic carbocycles. The van der Waals surface area contributed by atoms with Gasteiger partial charge >= 0.3 is 0 Å². The minimum absolute atomic E-state index is 0.627. The normalized spacial score (nSPS) is 56.7. The fourth-order valence-corrected chi connectivity index (χ4v) is 5.98. The van der Waals surface area contributed by atoms with Gasteiger partial charge in [-0.15, -0.1) is 0 Å². The quantitative estimate of drug-likeness (QED) is 0.496. The fourth-order valence-electron chi connectivity index (χ4n) is 5.98. The molecule has 4 unspecified atom stereocenters. The van der Waals surface area contributed by atoms with Crippen molar-refractivity contribution in [1.82, 2.24) is 0 Å². The zero-order valence-corrected chi connectivity index (χ0v) is 13.1. The molecule has 3 rings (SSSR count). The summed E-state index contributed by atoms with van der Waals surface area (Å²) in [6, 6.07) is 0. The molecule has 0 N–H and O–H groups in total. The molecular formula is C18H32. The van der Waals surface area contributed by atoms with E-state index in [2.05, 4.69) is 27.7 Å². The summed E-state index contributed by atoms with van der Waals surface area (Å²) in [5.41, 5.74) is 2.52. The average molecular weight is 248 g/mol. The van der Waals surface area contributed by atoms with E-state index in [1.807, 2.05) is 0 Å². The van der Waals surface area contributed by atoms with E-state index in [-0.39, 0.29) is 0 Å². The highest BCUT2D eigenvalue weighted by atomic mass is 14.6. The third kappa shape index (κ3) is 1.56. The lowest BCUT2D eigenvalue weighted by Crippen LogP contribution is -2.45. The summed E-state index contributed by atoms with van der Waals surface area (Å²) in [6.07, 6.45) is 14.9. The molecule has 18 heavy (non-hydrogen) atoms. The third-order valence-electron chi connectivity index (χ3n) is 8.09. The van der Waals surface area contributed by atoms with Crippen molar-refractivity contribution in [3.63, 3.8) is 0 Å². The summed E-state index contributed by atoms with van der Waals surface area (Å²) in [7, 11) is 0. The molecule has 0 radical (unpaired) electrons. The largest absolute Gasteiger partial charge is 0.0591 e. The van der Waals surface area contributed by atoms with Crippen molar-refractivity contribution in [2.75, 3.05) is 0 Å². The van der Waals surface area contributed by atoms with Crippen LogP contribution in [0.5, 0.6) is 0 Å². The number of hydrogen-bond acceptors (Lipinski definition) is 0. The Kier molecular flexibility index (Phi) is 2.72. The second-order valence-electron chi connectivity index (χ2n) is 8.98. The average Bonchev–Trinajstić information content (AvgIpc) is 2.31. The van der Waals surface area contributed by atoms with Crippen LogP contribution in [0, 0.1) is 21.7 Å². The van der Waals surface area contributed by atoms with Crippen LogP contribution in [0.25, 0.3) is 0 Å². The SMILES string of the molecule is CC12CCCCC(C)(CC1)C1(C)CCCC2(C)C1. The Morgan fingerprint density at radius 3 is 1.28 bits per heavy atom.